The van der Waals surface area contributed by atoms with Crippen molar-refractivity contribution in [1.82, 2.24) is 9.97 Å². The molecule has 4 aromatic rings. The summed E-state index contributed by atoms with van der Waals surface area (Å²) in [7, 11) is 0. The molecule has 0 aliphatic heterocycles. The van der Waals surface area contributed by atoms with Crippen LogP contribution in [0.25, 0.3) is 22.3 Å². The standard InChI is InChI=1S/C23H20FN3O/c1-2-15-28-19-13-7-16(8-14-19)22-26-21-6-4-3-5-20(21)23(27-22)25-18-11-9-17(24)10-12-18/h3-14H,2,15H2,1H3,(H,25,26,27). The van der Waals surface area contributed by atoms with Crippen molar-refractivity contribution in [3.05, 3.63) is 78.6 Å². The fourth-order valence-corrected chi connectivity index (χ4v) is 2.89. The molecule has 0 aliphatic rings. The Kier molecular flexibility index (Phi) is 5.15. The van der Waals surface area contributed by atoms with Gasteiger partial charge in [0.15, 0.2) is 5.82 Å². The lowest BCUT2D eigenvalue weighted by Crippen LogP contribution is -1.99. The highest BCUT2D eigenvalue weighted by molar-refractivity contribution is 5.92. The van der Waals surface area contributed by atoms with Crippen LogP contribution in [0, 0.1) is 5.82 Å². The third kappa shape index (κ3) is 3.93. The van der Waals surface area contributed by atoms with E-state index in [1.807, 2.05) is 48.5 Å². The molecule has 0 unspecified atom stereocenters. The van der Waals surface area contributed by atoms with Gasteiger partial charge in [-0.05, 0) is 67.1 Å². The summed E-state index contributed by atoms with van der Waals surface area (Å²) in [4.78, 5) is 9.43. The van der Waals surface area contributed by atoms with E-state index >= 15 is 0 Å². The number of rotatable bonds is 6. The average Bonchev–Trinajstić information content (AvgIpc) is 2.74. The highest BCUT2D eigenvalue weighted by Gasteiger charge is 2.10. The van der Waals surface area contributed by atoms with Gasteiger partial charge in [0, 0.05) is 16.6 Å². The van der Waals surface area contributed by atoms with Gasteiger partial charge in [-0.3, -0.25) is 0 Å². The molecule has 4 nitrogen and oxygen atoms in total. The molecule has 1 heterocycles. The number of hydrogen-bond donors (Lipinski definition) is 1. The second-order valence-corrected chi connectivity index (χ2v) is 6.42. The molecule has 0 spiro atoms. The normalized spacial score (nSPS) is 10.8. The Morgan fingerprint density at radius 2 is 1.64 bits per heavy atom. The van der Waals surface area contributed by atoms with Crippen LogP contribution in [-0.4, -0.2) is 16.6 Å². The summed E-state index contributed by atoms with van der Waals surface area (Å²) in [6, 6.07) is 21.8. The Bertz CT molecular complexity index is 1080. The van der Waals surface area contributed by atoms with E-state index in [0.717, 1.165) is 34.3 Å². The molecule has 0 fully saturated rings. The topological polar surface area (TPSA) is 47.0 Å². The second kappa shape index (κ2) is 8.05. The Labute approximate surface area is 163 Å². The number of nitrogens with zero attached hydrogens (tertiary/aromatic N) is 2. The van der Waals surface area contributed by atoms with E-state index in [4.69, 9.17) is 14.7 Å². The minimum Gasteiger partial charge on any atom is -0.494 e. The number of nitrogens with one attached hydrogen (secondary N) is 1. The monoisotopic (exact) mass is 373 g/mol. The Morgan fingerprint density at radius 1 is 0.893 bits per heavy atom. The van der Waals surface area contributed by atoms with Gasteiger partial charge >= 0.3 is 0 Å². The van der Waals surface area contributed by atoms with E-state index in [9.17, 15) is 4.39 Å². The minimum absolute atomic E-state index is 0.274. The molecule has 0 aliphatic carbocycles. The number of benzene rings is 3. The lowest BCUT2D eigenvalue weighted by Gasteiger charge is -2.11. The molecular weight excluding hydrogens is 353 g/mol. The van der Waals surface area contributed by atoms with Crippen LogP contribution in [0.5, 0.6) is 5.75 Å². The number of hydrogen-bond acceptors (Lipinski definition) is 4. The van der Waals surface area contributed by atoms with Crippen LogP contribution in [-0.2, 0) is 0 Å². The van der Waals surface area contributed by atoms with Crippen molar-refractivity contribution in [2.45, 2.75) is 13.3 Å². The number of fused-ring (bicyclic) bond motifs is 1. The number of anilines is 2. The van der Waals surface area contributed by atoms with Crippen molar-refractivity contribution in [2.75, 3.05) is 11.9 Å². The van der Waals surface area contributed by atoms with Crippen molar-refractivity contribution in [3.8, 4) is 17.1 Å². The van der Waals surface area contributed by atoms with Gasteiger partial charge in [-0.1, -0.05) is 19.1 Å². The lowest BCUT2D eigenvalue weighted by atomic mass is 10.1. The van der Waals surface area contributed by atoms with E-state index in [0.29, 0.717) is 18.2 Å². The first-order chi connectivity index (χ1) is 13.7. The minimum atomic E-state index is -0.274. The molecule has 3 aromatic carbocycles. The molecule has 0 radical (unpaired) electrons. The molecule has 28 heavy (non-hydrogen) atoms. The molecule has 0 bridgehead atoms. The fraction of sp³-hybridized carbons (Fsp3) is 0.130. The van der Waals surface area contributed by atoms with Crippen LogP contribution in [0.3, 0.4) is 0 Å². The van der Waals surface area contributed by atoms with Crippen molar-refractivity contribution < 1.29 is 9.13 Å². The summed E-state index contributed by atoms with van der Waals surface area (Å²) in [5, 5.41) is 4.18. The van der Waals surface area contributed by atoms with Crippen molar-refractivity contribution in [1.29, 1.82) is 0 Å². The fourth-order valence-electron chi connectivity index (χ4n) is 2.89. The van der Waals surface area contributed by atoms with Crippen molar-refractivity contribution >= 4 is 22.4 Å². The van der Waals surface area contributed by atoms with Crippen LogP contribution < -0.4 is 10.1 Å². The van der Waals surface area contributed by atoms with E-state index in [2.05, 4.69) is 12.2 Å². The quantitative estimate of drug-likeness (QED) is 0.452. The summed E-state index contributed by atoms with van der Waals surface area (Å²) >= 11 is 0. The molecule has 0 atom stereocenters. The maximum Gasteiger partial charge on any atom is 0.162 e. The van der Waals surface area contributed by atoms with Crippen LogP contribution >= 0.6 is 0 Å². The molecule has 5 heteroatoms. The Morgan fingerprint density at radius 3 is 2.39 bits per heavy atom. The number of para-hydroxylation sites is 1. The van der Waals surface area contributed by atoms with Gasteiger partial charge in [-0.2, -0.15) is 0 Å². The summed E-state index contributed by atoms with van der Waals surface area (Å²) in [5.74, 6) is 1.85. The SMILES string of the molecule is CCCOc1ccc(-c2nc(Nc3ccc(F)cc3)c3ccccc3n2)cc1. The van der Waals surface area contributed by atoms with Crippen molar-refractivity contribution in [2.24, 2.45) is 0 Å². The van der Waals surface area contributed by atoms with Crippen LogP contribution in [0.2, 0.25) is 0 Å². The third-order valence-corrected chi connectivity index (χ3v) is 4.30. The van der Waals surface area contributed by atoms with E-state index in [1.165, 1.54) is 12.1 Å². The highest BCUT2D eigenvalue weighted by Crippen LogP contribution is 2.28. The maximum absolute atomic E-state index is 13.2. The van der Waals surface area contributed by atoms with Gasteiger partial charge in [0.2, 0.25) is 0 Å². The molecule has 0 saturated heterocycles. The molecule has 4 rings (SSSR count). The Hall–Kier alpha value is -3.47. The van der Waals surface area contributed by atoms with E-state index in [1.54, 1.807) is 12.1 Å². The van der Waals surface area contributed by atoms with Crippen LogP contribution in [0.15, 0.2) is 72.8 Å². The summed E-state index contributed by atoms with van der Waals surface area (Å²) in [6.07, 6.45) is 0.966. The van der Waals surface area contributed by atoms with Gasteiger partial charge in [0.25, 0.3) is 0 Å². The molecule has 0 saturated carbocycles. The first-order valence-corrected chi connectivity index (χ1v) is 9.25. The lowest BCUT2D eigenvalue weighted by molar-refractivity contribution is 0.317. The summed E-state index contributed by atoms with van der Waals surface area (Å²) < 4.78 is 18.9. The average molecular weight is 373 g/mol. The van der Waals surface area contributed by atoms with Gasteiger partial charge in [-0.25, -0.2) is 14.4 Å². The number of ether oxygens (including phenoxy) is 1. The smallest absolute Gasteiger partial charge is 0.162 e. The van der Waals surface area contributed by atoms with Gasteiger partial charge in [0.05, 0.1) is 12.1 Å². The van der Waals surface area contributed by atoms with Gasteiger partial charge in [0.1, 0.15) is 17.4 Å². The zero-order valence-electron chi connectivity index (χ0n) is 15.5. The second-order valence-electron chi connectivity index (χ2n) is 6.42. The largest absolute Gasteiger partial charge is 0.494 e. The zero-order chi connectivity index (χ0) is 19.3. The molecular formula is C23H20FN3O. The molecule has 1 N–H and O–H groups in total. The summed E-state index contributed by atoms with van der Waals surface area (Å²) in [6.45, 7) is 2.77. The molecule has 1 aromatic heterocycles. The zero-order valence-corrected chi connectivity index (χ0v) is 15.5. The predicted octanol–water partition coefficient (Wildman–Crippen LogP) is 5.97. The number of aromatic nitrogens is 2. The van der Waals surface area contributed by atoms with Gasteiger partial charge < -0.3 is 10.1 Å². The predicted molar refractivity (Wildman–Crippen MR) is 110 cm³/mol. The number of halogens is 1. The van der Waals surface area contributed by atoms with Crippen LogP contribution in [0.1, 0.15) is 13.3 Å². The van der Waals surface area contributed by atoms with Crippen molar-refractivity contribution in [3.63, 3.8) is 0 Å². The molecule has 0 amide bonds. The Balaban J connectivity index is 1.72. The van der Waals surface area contributed by atoms with Crippen LogP contribution in [0.4, 0.5) is 15.9 Å². The van der Waals surface area contributed by atoms with E-state index in [-0.39, 0.29) is 5.82 Å². The maximum atomic E-state index is 13.2. The summed E-state index contributed by atoms with van der Waals surface area (Å²) in [5.41, 5.74) is 2.50. The van der Waals surface area contributed by atoms with E-state index < -0.39 is 0 Å². The first kappa shape index (κ1) is 17.9. The first-order valence-electron chi connectivity index (χ1n) is 9.25. The van der Waals surface area contributed by atoms with Gasteiger partial charge in [-0.15, -0.1) is 0 Å². The highest BCUT2D eigenvalue weighted by atomic mass is 19.1. The molecule has 140 valence electrons. The third-order valence-electron chi connectivity index (χ3n) is 4.30.